The molecule has 0 amide bonds. The van der Waals surface area contributed by atoms with E-state index in [4.69, 9.17) is 23.2 Å². The molecule has 1 aromatic carbocycles. The van der Waals surface area contributed by atoms with Crippen molar-refractivity contribution in [2.24, 2.45) is 0 Å². The van der Waals surface area contributed by atoms with E-state index in [0.717, 1.165) is 10.1 Å². The molecule has 1 aromatic heterocycles. The van der Waals surface area contributed by atoms with E-state index < -0.39 is 11.2 Å². The summed E-state index contributed by atoms with van der Waals surface area (Å²) < 4.78 is 1.04. The topological polar surface area (TPSA) is 54.9 Å². The van der Waals surface area contributed by atoms with E-state index in [1.807, 2.05) is 6.92 Å². The summed E-state index contributed by atoms with van der Waals surface area (Å²) in [7, 11) is 0. The number of aromatic nitrogens is 2. The number of halogens is 2. The third kappa shape index (κ3) is 2.46. The number of rotatable bonds is 2. The van der Waals surface area contributed by atoms with Gasteiger partial charge in [-0.05, 0) is 31.0 Å². The lowest BCUT2D eigenvalue weighted by Crippen LogP contribution is -2.36. The second kappa shape index (κ2) is 5.23. The van der Waals surface area contributed by atoms with Crippen molar-refractivity contribution in [1.29, 1.82) is 0 Å². The Bertz CT molecular complexity index is 747. The van der Waals surface area contributed by atoms with Gasteiger partial charge in [0.2, 0.25) is 0 Å². The Morgan fingerprint density at radius 1 is 1.26 bits per heavy atom. The number of hydrogen-bond acceptors (Lipinski definition) is 2. The fraction of sp³-hybridized carbons (Fsp3) is 0.231. The Kier molecular flexibility index (Phi) is 3.83. The molecule has 1 N–H and O–H groups in total. The summed E-state index contributed by atoms with van der Waals surface area (Å²) in [6.07, 6.45) is 0.439. The summed E-state index contributed by atoms with van der Waals surface area (Å²) in [5, 5.41) is 0.587. The second-order valence-electron chi connectivity index (χ2n) is 4.15. The van der Waals surface area contributed by atoms with Crippen LogP contribution < -0.4 is 11.2 Å². The Labute approximate surface area is 119 Å². The Morgan fingerprint density at radius 3 is 2.53 bits per heavy atom. The number of hydrogen-bond donors (Lipinski definition) is 1. The van der Waals surface area contributed by atoms with Gasteiger partial charge in [0.25, 0.3) is 5.56 Å². The maximum Gasteiger partial charge on any atom is 0.334 e. The highest BCUT2D eigenvalue weighted by molar-refractivity contribution is 6.31. The van der Waals surface area contributed by atoms with E-state index in [-0.39, 0.29) is 5.15 Å². The SMILES string of the molecule is CCc1c(Cl)[nH]c(=O)n(-c2ccc(C)c(Cl)c2)c1=O. The van der Waals surface area contributed by atoms with Crippen molar-refractivity contribution in [2.75, 3.05) is 0 Å². The third-order valence-electron chi connectivity index (χ3n) is 2.91. The van der Waals surface area contributed by atoms with Gasteiger partial charge in [-0.25, -0.2) is 9.36 Å². The molecule has 0 aliphatic rings. The first-order valence-corrected chi connectivity index (χ1v) is 6.51. The van der Waals surface area contributed by atoms with Crippen LogP contribution in [0.15, 0.2) is 27.8 Å². The van der Waals surface area contributed by atoms with Gasteiger partial charge < -0.3 is 0 Å². The Hall–Kier alpha value is -1.52. The molecular formula is C13H12Cl2N2O2. The molecule has 0 aliphatic heterocycles. The summed E-state index contributed by atoms with van der Waals surface area (Å²) in [6, 6.07) is 5.01. The summed E-state index contributed by atoms with van der Waals surface area (Å²) in [5.74, 6) is 0. The Balaban J connectivity index is 2.79. The molecule has 0 saturated heterocycles. The van der Waals surface area contributed by atoms with Gasteiger partial charge in [0.05, 0.1) is 11.3 Å². The molecule has 6 heteroatoms. The van der Waals surface area contributed by atoms with Crippen LogP contribution in [0.4, 0.5) is 0 Å². The van der Waals surface area contributed by atoms with Crippen molar-refractivity contribution in [3.05, 3.63) is 60.3 Å². The van der Waals surface area contributed by atoms with Crippen molar-refractivity contribution in [3.63, 3.8) is 0 Å². The molecular weight excluding hydrogens is 287 g/mol. The molecule has 0 fully saturated rings. The van der Waals surface area contributed by atoms with E-state index >= 15 is 0 Å². The van der Waals surface area contributed by atoms with E-state index in [1.54, 1.807) is 25.1 Å². The molecule has 0 unspecified atom stereocenters. The second-order valence-corrected chi connectivity index (χ2v) is 4.94. The normalized spacial score (nSPS) is 10.7. The molecule has 4 nitrogen and oxygen atoms in total. The van der Waals surface area contributed by atoms with Gasteiger partial charge in [0.1, 0.15) is 5.15 Å². The van der Waals surface area contributed by atoms with Gasteiger partial charge in [-0.1, -0.05) is 36.2 Å². The minimum absolute atomic E-state index is 0.0898. The number of aryl methyl sites for hydroxylation is 1. The highest BCUT2D eigenvalue weighted by Gasteiger charge is 2.13. The van der Waals surface area contributed by atoms with Crippen LogP contribution in [0.5, 0.6) is 0 Å². The first-order valence-electron chi connectivity index (χ1n) is 5.76. The molecule has 2 rings (SSSR count). The number of aromatic amines is 1. The van der Waals surface area contributed by atoms with Crippen LogP contribution in [-0.4, -0.2) is 9.55 Å². The summed E-state index contributed by atoms with van der Waals surface area (Å²) in [6.45, 7) is 3.64. The minimum Gasteiger partial charge on any atom is -0.297 e. The first kappa shape index (κ1) is 13.9. The van der Waals surface area contributed by atoms with Gasteiger partial charge in [0, 0.05) is 5.02 Å². The standard InChI is InChI=1S/C13H12Cl2N2O2/c1-3-9-11(15)16-13(19)17(12(9)18)8-5-4-7(2)10(14)6-8/h4-6H,3H2,1-2H3,(H,16,19). The number of benzene rings is 1. The van der Waals surface area contributed by atoms with Crippen LogP contribution in [0, 0.1) is 6.92 Å². The first-order chi connectivity index (χ1) is 8.95. The average Bonchev–Trinajstić information content (AvgIpc) is 2.33. The molecule has 0 spiro atoms. The number of H-pyrrole nitrogens is 1. The van der Waals surface area contributed by atoms with E-state index in [2.05, 4.69) is 4.98 Å². The van der Waals surface area contributed by atoms with Gasteiger partial charge in [-0.2, -0.15) is 0 Å². The van der Waals surface area contributed by atoms with Crippen molar-refractivity contribution >= 4 is 23.2 Å². The maximum absolute atomic E-state index is 12.3. The lowest BCUT2D eigenvalue weighted by Gasteiger charge is -2.09. The van der Waals surface area contributed by atoms with Gasteiger partial charge >= 0.3 is 5.69 Å². The fourth-order valence-electron chi connectivity index (χ4n) is 1.81. The van der Waals surface area contributed by atoms with Crippen LogP contribution in [-0.2, 0) is 6.42 Å². The van der Waals surface area contributed by atoms with Crippen LogP contribution in [0.3, 0.4) is 0 Å². The molecule has 0 radical (unpaired) electrons. The van der Waals surface area contributed by atoms with Crippen molar-refractivity contribution in [1.82, 2.24) is 9.55 Å². The van der Waals surface area contributed by atoms with Crippen LogP contribution in [0.1, 0.15) is 18.1 Å². The highest BCUT2D eigenvalue weighted by atomic mass is 35.5. The number of nitrogens with one attached hydrogen (secondary N) is 1. The smallest absolute Gasteiger partial charge is 0.297 e. The predicted octanol–water partition coefficient (Wildman–Crippen LogP) is 2.70. The van der Waals surface area contributed by atoms with Crippen molar-refractivity contribution < 1.29 is 0 Å². The van der Waals surface area contributed by atoms with Gasteiger partial charge in [-0.15, -0.1) is 0 Å². The lowest BCUT2D eigenvalue weighted by molar-refractivity contribution is 0.842. The van der Waals surface area contributed by atoms with Crippen LogP contribution in [0.25, 0.3) is 5.69 Å². The molecule has 100 valence electrons. The quantitative estimate of drug-likeness (QED) is 0.867. The summed E-state index contributed by atoms with van der Waals surface area (Å²) >= 11 is 11.9. The van der Waals surface area contributed by atoms with Crippen LogP contribution >= 0.6 is 23.2 Å². The molecule has 0 atom stereocenters. The van der Waals surface area contributed by atoms with E-state index in [0.29, 0.717) is 22.7 Å². The fourth-order valence-corrected chi connectivity index (χ4v) is 2.28. The molecule has 2 aromatic rings. The lowest BCUT2D eigenvalue weighted by atomic mass is 10.2. The molecule has 19 heavy (non-hydrogen) atoms. The zero-order chi connectivity index (χ0) is 14.2. The molecule has 0 saturated carbocycles. The van der Waals surface area contributed by atoms with Gasteiger partial charge in [0.15, 0.2) is 0 Å². The van der Waals surface area contributed by atoms with Crippen molar-refractivity contribution in [2.45, 2.75) is 20.3 Å². The van der Waals surface area contributed by atoms with Gasteiger partial charge in [-0.3, -0.25) is 9.78 Å². The molecule has 1 heterocycles. The maximum atomic E-state index is 12.3. The van der Waals surface area contributed by atoms with E-state index in [1.165, 1.54) is 0 Å². The molecule has 0 aliphatic carbocycles. The molecule has 0 bridgehead atoms. The summed E-state index contributed by atoms with van der Waals surface area (Å²) in [5.41, 5.74) is 0.675. The Morgan fingerprint density at radius 2 is 1.95 bits per heavy atom. The predicted molar refractivity (Wildman–Crippen MR) is 76.8 cm³/mol. The van der Waals surface area contributed by atoms with Crippen molar-refractivity contribution in [3.8, 4) is 5.69 Å². The van der Waals surface area contributed by atoms with E-state index in [9.17, 15) is 9.59 Å². The summed E-state index contributed by atoms with van der Waals surface area (Å²) in [4.78, 5) is 26.6. The monoisotopic (exact) mass is 298 g/mol. The highest BCUT2D eigenvalue weighted by Crippen LogP contribution is 2.18. The largest absolute Gasteiger partial charge is 0.334 e. The third-order valence-corrected chi connectivity index (χ3v) is 3.64. The zero-order valence-electron chi connectivity index (χ0n) is 10.5. The zero-order valence-corrected chi connectivity index (χ0v) is 12.0. The average molecular weight is 299 g/mol. The minimum atomic E-state index is -0.577. The number of nitrogens with zero attached hydrogens (tertiary/aromatic N) is 1. The van der Waals surface area contributed by atoms with Crippen LogP contribution in [0.2, 0.25) is 10.2 Å².